The molecule has 0 radical (unpaired) electrons. The molecule has 10 rings (SSSR count). The summed E-state index contributed by atoms with van der Waals surface area (Å²) in [5.74, 6) is -2.51. The Bertz CT molecular complexity index is 2580. The van der Waals surface area contributed by atoms with E-state index in [-0.39, 0.29) is 29.8 Å². The Kier molecular flexibility index (Phi) is 20.8. The topological polar surface area (TPSA) is 459 Å². The normalized spacial score (nSPS) is 52.9. The van der Waals surface area contributed by atoms with Crippen molar-refractivity contribution in [2.24, 2.45) is 50.2 Å². The first-order valence-electron chi connectivity index (χ1n) is 32.2. The molecular formula is C62H100O29. The molecule has 10 aliphatic rings. The molecule has 5 aliphatic carbocycles. The summed E-state index contributed by atoms with van der Waals surface area (Å²) in [5, 5.41) is 174. The summed E-state index contributed by atoms with van der Waals surface area (Å²) in [6.45, 7) is 15.6. The number of aliphatic hydroxyl groups excluding tert-OH is 15. The van der Waals surface area contributed by atoms with Gasteiger partial charge in [-0.1, -0.05) is 60.1 Å². The summed E-state index contributed by atoms with van der Waals surface area (Å²) in [6.07, 6.45) is -39.4. The zero-order chi connectivity index (χ0) is 66.7. The highest BCUT2D eigenvalue weighted by molar-refractivity contribution is 5.73. The number of esters is 1. The third-order valence-corrected chi connectivity index (χ3v) is 23.9. The zero-order valence-corrected chi connectivity index (χ0v) is 53.1. The van der Waals surface area contributed by atoms with Gasteiger partial charge in [0, 0.05) is 12.3 Å². The molecule has 0 unspecified atom stereocenters. The largest absolute Gasteiger partial charge is 0.479 e. The molecule has 16 N–H and O–H groups in total. The van der Waals surface area contributed by atoms with Crippen molar-refractivity contribution in [1.82, 2.24) is 0 Å². The number of hydrogen-bond donors (Lipinski definition) is 16. The van der Waals surface area contributed by atoms with E-state index in [0.29, 0.717) is 51.4 Å². The summed E-state index contributed by atoms with van der Waals surface area (Å²) >= 11 is 0. The molecule has 5 saturated heterocycles. The number of ether oxygens (including phenoxy) is 11. The maximum absolute atomic E-state index is 13.4. The Labute approximate surface area is 528 Å². The highest BCUT2D eigenvalue weighted by Gasteiger charge is 2.72. The van der Waals surface area contributed by atoms with Gasteiger partial charge in [0.05, 0.1) is 38.6 Å². The van der Waals surface area contributed by atoms with Crippen LogP contribution in [0.15, 0.2) is 11.6 Å². The number of allylic oxidation sites excluding steroid dienone is 2. The Hall–Kier alpha value is -2.32. The highest BCUT2D eigenvalue weighted by atomic mass is 16.8. The van der Waals surface area contributed by atoms with Crippen molar-refractivity contribution in [3.8, 4) is 0 Å². The zero-order valence-electron chi connectivity index (χ0n) is 53.1. The van der Waals surface area contributed by atoms with Gasteiger partial charge in [0.2, 0.25) is 0 Å². The van der Waals surface area contributed by atoms with Crippen LogP contribution < -0.4 is 0 Å². The van der Waals surface area contributed by atoms with E-state index in [2.05, 4.69) is 40.7 Å². The van der Waals surface area contributed by atoms with Gasteiger partial charge in [0.15, 0.2) is 37.6 Å². The quantitative estimate of drug-likeness (QED) is 0.0414. The lowest BCUT2D eigenvalue weighted by molar-refractivity contribution is -0.406. The van der Waals surface area contributed by atoms with Crippen LogP contribution in [-0.4, -0.2) is 286 Å². The predicted molar refractivity (Wildman–Crippen MR) is 305 cm³/mol. The van der Waals surface area contributed by atoms with Crippen molar-refractivity contribution < 1.29 is 143 Å². The monoisotopic (exact) mass is 1310 g/mol. The van der Waals surface area contributed by atoms with E-state index in [4.69, 9.17) is 52.1 Å². The molecule has 0 amide bonds. The molecular weight excluding hydrogens is 1210 g/mol. The molecule has 0 aromatic heterocycles. The third kappa shape index (κ3) is 12.3. The first-order chi connectivity index (χ1) is 42.6. The molecule has 5 aliphatic heterocycles. The van der Waals surface area contributed by atoms with Gasteiger partial charge in [0.1, 0.15) is 116 Å². The fourth-order valence-corrected chi connectivity index (χ4v) is 18.4. The van der Waals surface area contributed by atoms with Crippen molar-refractivity contribution >= 4 is 11.9 Å². The van der Waals surface area contributed by atoms with Crippen LogP contribution in [0.1, 0.15) is 120 Å². The number of carboxylic acid groups (broad SMARTS) is 1. The lowest BCUT2D eigenvalue weighted by Gasteiger charge is -2.72. The summed E-state index contributed by atoms with van der Waals surface area (Å²) in [5.41, 5.74) is -1.98. The average molecular weight is 1310 g/mol. The SMILES string of the molecule is CC(=O)O[C@@H]1C[C@]2(C)C(=CC[C@@H]3[C@@]4(C)CC[C@H](O[C@@H]5O[C@H](C(=O)O)[C@@H](O)[C@H](O[C@@H]6O[C@H](CO)[C@H](O)[C@H](O)[C@H]6O[C@@H]6O[C@@H](C)[C@H](O)[C@@H](O)[C@H]6O)[C@H]5O[C@@H]5O[C@H](CO)[C@@H](O)[C@H](O)[C@H]5O)C(C)(C)[C@@H]4CC[C@]32C)[C@@H]2CC(C)(C)CC[C@]12CO[C@@H]1O[C@H](CO)[C@@H](O)[C@H](O)[C@H]1O. The molecule has 9 fully saturated rings. The van der Waals surface area contributed by atoms with Gasteiger partial charge in [-0.25, -0.2) is 4.79 Å². The molecule has 522 valence electrons. The highest BCUT2D eigenvalue weighted by Crippen LogP contribution is 2.76. The molecule has 0 bridgehead atoms. The average Bonchev–Trinajstić information content (AvgIpc) is 0.676. The van der Waals surface area contributed by atoms with Gasteiger partial charge in [0.25, 0.3) is 0 Å². The molecule has 0 spiro atoms. The van der Waals surface area contributed by atoms with E-state index in [1.807, 2.05) is 13.8 Å². The van der Waals surface area contributed by atoms with Gasteiger partial charge < -0.3 is 134 Å². The minimum Gasteiger partial charge on any atom is -0.479 e. The van der Waals surface area contributed by atoms with E-state index >= 15 is 0 Å². The van der Waals surface area contributed by atoms with Gasteiger partial charge in [-0.2, -0.15) is 0 Å². The van der Waals surface area contributed by atoms with Crippen LogP contribution in [0.4, 0.5) is 0 Å². The molecule has 91 heavy (non-hydrogen) atoms. The number of rotatable bonds is 16. The minimum atomic E-state index is -2.29. The maximum Gasteiger partial charge on any atom is 0.335 e. The van der Waals surface area contributed by atoms with Crippen LogP contribution in [0.25, 0.3) is 0 Å². The number of carboxylic acids is 1. The van der Waals surface area contributed by atoms with Gasteiger partial charge >= 0.3 is 11.9 Å². The number of carbonyl (C=O) groups excluding carboxylic acids is 1. The number of aliphatic carboxylic acids is 1. The predicted octanol–water partition coefficient (Wildman–Crippen LogP) is -3.08. The number of carbonyl (C=O) groups is 2. The maximum atomic E-state index is 13.4. The second-order valence-corrected chi connectivity index (χ2v) is 29.9. The third-order valence-electron chi connectivity index (χ3n) is 23.9. The molecule has 4 saturated carbocycles. The second-order valence-electron chi connectivity index (χ2n) is 29.9. The van der Waals surface area contributed by atoms with Crippen LogP contribution in [0, 0.1) is 50.2 Å². The van der Waals surface area contributed by atoms with Gasteiger partial charge in [-0.15, -0.1) is 0 Å². The lowest BCUT2D eigenvalue weighted by atomic mass is 9.33. The van der Waals surface area contributed by atoms with E-state index < -0.39 is 225 Å². The standard InChI is InChI=1S/C62H100O29/c1-24-35(67)39(71)44(76)53(82-24)90-49-42(74)38(70)30(22-65)86-55(49)88-47-46(78)48(51(79)80)89-56(50(47)91-54-45(77)41(73)37(69)29(21-64)85-54)87-33-13-14-59(7)31(58(33,5)6)12-15-60(8)32(59)11-10-26-27-18-57(3,4)16-17-62(27,34(83-25(2)66)19-61(26,60)9)23-81-52-43(75)40(72)36(68)28(20-63)84-52/h10,24,27-50,52-56,63-65,67-78H,11-23H2,1-9H3,(H,79,80)/t24-,27-,28+,29+,30+,31-,32+,33-,34+,35-,36+,37+,38-,39+,40-,41-,42-,43+,44+,45+,46-,47-,48-,49+,50+,52+,53-,54-,55-,56+,59-,60+,61+,62+/m0/s1. The van der Waals surface area contributed by atoms with Crippen LogP contribution in [0.3, 0.4) is 0 Å². The van der Waals surface area contributed by atoms with Crippen molar-refractivity contribution in [3.05, 3.63) is 11.6 Å². The molecule has 0 aromatic rings. The van der Waals surface area contributed by atoms with Crippen molar-refractivity contribution in [3.63, 3.8) is 0 Å². The Morgan fingerprint density at radius 1 is 0.527 bits per heavy atom. The van der Waals surface area contributed by atoms with Crippen LogP contribution in [-0.2, 0) is 61.7 Å². The van der Waals surface area contributed by atoms with E-state index in [0.717, 1.165) is 6.42 Å². The Morgan fingerprint density at radius 2 is 1.05 bits per heavy atom. The molecule has 0 aromatic carbocycles. The van der Waals surface area contributed by atoms with Gasteiger partial charge in [-0.3, -0.25) is 4.79 Å². The number of hydrogen-bond acceptors (Lipinski definition) is 28. The minimum absolute atomic E-state index is 0.0108. The van der Waals surface area contributed by atoms with E-state index in [1.165, 1.54) is 19.4 Å². The van der Waals surface area contributed by atoms with Gasteiger partial charge in [-0.05, 0) is 110 Å². The fraction of sp³-hybridized carbons (Fsp3) is 0.935. The van der Waals surface area contributed by atoms with Crippen molar-refractivity contribution in [2.75, 3.05) is 26.4 Å². The van der Waals surface area contributed by atoms with Crippen LogP contribution in [0.5, 0.6) is 0 Å². The molecule has 34 atom stereocenters. The smallest absolute Gasteiger partial charge is 0.335 e. The van der Waals surface area contributed by atoms with Crippen LogP contribution in [0.2, 0.25) is 0 Å². The first-order valence-corrected chi connectivity index (χ1v) is 32.2. The van der Waals surface area contributed by atoms with Crippen LogP contribution >= 0.6 is 0 Å². The molecule has 5 heterocycles. The Morgan fingerprint density at radius 3 is 1.65 bits per heavy atom. The molecule has 29 nitrogen and oxygen atoms in total. The summed E-state index contributed by atoms with van der Waals surface area (Å²) < 4.78 is 68.1. The van der Waals surface area contributed by atoms with Crippen molar-refractivity contribution in [1.29, 1.82) is 0 Å². The lowest BCUT2D eigenvalue weighted by Crippen LogP contribution is -2.69. The summed E-state index contributed by atoms with van der Waals surface area (Å²) in [4.78, 5) is 26.7. The van der Waals surface area contributed by atoms with E-state index in [9.17, 15) is 91.3 Å². The second kappa shape index (κ2) is 26.5. The summed E-state index contributed by atoms with van der Waals surface area (Å²) in [7, 11) is 0. The van der Waals surface area contributed by atoms with Crippen molar-refractivity contribution in [2.45, 2.75) is 286 Å². The fourth-order valence-electron chi connectivity index (χ4n) is 18.4. The molecule has 29 heteroatoms. The Balaban J connectivity index is 0.970. The first kappa shape index (κ1) is 71.5. The summed E-state index contributed by atoms with van der Waals surface area (Å²) in [6, 6.07) is 0. The number of aliphatic hydroxyl groups is 15. The number of fused-ring (bicyclic) bond motifs is 7. The van der Waals surface area contributed by atoms with E-state index in [1.54, 1.807) is 0 Å².